The lowest BCUT2D eigenvalue weighted by Crippen LogP contribution is -1.96. The summed E-state index contributed by atoms with van der Waals surface area (Å²) in [6, 6.07) is 17.5. The van der Waals surface area contributed by atoms with Gasteiger partial charge in [-0.3, -0.25) is 0 Å². The first-order chi connectivity index (χ1) is 7.75. The summed E-state index contributed by atoms with van der Waals surface area (Å²) in [4.78, 5) is 0. The number of rotatable bonds is 2. The molecular formula is C14H14N2. The number of nitrogens with two attached hydrogens (primary N) is 2. The zero-order valence-corrected chi connectivity index (χ0v) is 8.93. The van der Waals surface area contributed by atoms with Gasteiger partial charge in [0.1, 0.15) is 0 Å². The molecular weight excluding hydrogens is 196 g/mol. The van der Waals surface area contributed by atoms with E-state index in [1.807, 2.05) is 60.7 Å². The van der Waals surface area contributed by atoms with Crippen molar-refractivity contribution in [1.82, 2.24) is 0 Å². The second-order valence-electron chi connectivity index (χ2n) is 3.63. The van der Waals surface area contributed by atoms with Crippen LogP contribution in [-0.2, 0) is 0 Å². The van der Waals surface area contributed by atoms with Crippen LogP contribution in [0.5, 0.6) is 0 Å². The summed E-state index contributed by atoms with van der Waals surface area (Å²) in [6.45, 7) is 0. The van der Waals surface area contributed by atoms with Crippen molar-refractivity contribution in [2.24, 2.45) is 5.73 Å². The minimum absolute atomic E-state index is 0.742. The van der Waals surface area contributed by atoms with Gasteiger partial charge in [-0.2, -0.15) is 0 Å². The van der Waals surface area contributed by atoms with E-state index in [1.165, 1.54) is 0 Å². The third-order valence-electron chi connectivity index (χ3n) is 2.37. The molecule has 4 N–H and O–H groups in total. The number of benzene rings is 2. The molecule has 0 aromatic heterocycles. The maximum atomic E-state index is 6.00. The van der Waals surface area contributed by atoms with Crippen molar-refractivity contribution in [3.05, 3.63) is 65.7 Å². The molecule has 0 bridgehead atoms. The largest absolute Gasteiger partial charge is 0.399 e. The lowest BCUT2D eigenvalue weighted by molar-refractivity contribution is 1.52. The number of hydrogen-bond acceptors (Lipinski definition) is 2. The minimum atomic E-state index is 0.742. The van der Waals surface area contributed by atoms with Crippen LogP contribution < -0.4 is 11.5 Å². The summed E-state index contributed by atoms with van der Waals surface area (Å²) in [5, 5.41) is 0. The molecule has 0 radical (unpaired) electrons. The average Bonchev–Trinajstić information content (AvgIpc) is 2.31. The molecule has 0 aliphatic carbocycles. The summed E-state index contributed by atoms with van der Waals surface area (Å²) in [5.41, 5.74) is 15.2. The van der Waals surface area contributed by atoms with Crippen LogP contribution in [0.1, 0.15) is 11.1 Å². The van der Waals surface area contributed by atoms with Crippen LogP contribution in [0, 0.1) is 0 Å². The summed E-state index contributed by atoms with van der Waals surface area (Å²) in [7, 11) is 0. The quantitative estimate of drug-likeness (QED) is 0.591. The van der Waals surface area contributed by atoms with Gasteiger partial charge in [0.15, 0.2) is 0 Å². The molecule has 0 heterocycles. The molecule has 0 unspecified atom stereocenters. The molecule has 0 saturated heterocycles. The molecule has 0 aliphatic heterocycles. The van der Waals surface area contributed by atoms with E-state index in [4.69, 9.17) is 11.5 Å². The lowest BCUT2D eigenvalue weighted by Gasteiger charge is -2.02. The van der Waals surface area contributed by atoms with Crippen molar-refractivity contribution in [2.45, 2.75) is 0 Å². The summed E-state index contributed by atoms with van der Waals surface area (Å²) in [5.74, 6) is 0. The lowest BCUT2D eigenvalue weighted by atomic mass is 10.1. The average molecular weight is 210 g/mol. The van der Waals surface area contributed by atoms with E-state index in [9.17, 15) is 0 Å². The fourth-order valence-corrected chi connectivity index (χ4v) is 1.49. The van der Waals surface area contributed by atoms with Gasteiger partial charge in [0.05, 0.1) is 0 Å². The van der Waals surface area contributed by atoms with Crippen LogP contribution in [0.4, 0.5) is 5.69 Å². The van der Waals surface area contributed by atoms with Gasteiger partial charge in [-0.15, -0.1) is 0 Å². The molecule has 16 heavy (non-hydrogen) atoms. The molecule has 0 fully saturated rings. The van der Waals surface area contributed by atoms with E-state index in [-0.39, 0.29) is 0 Å². The monoisotopic (exact) mass is 210 g/mol. The van der Waals surface area contributed by atoms with Gasteiger partial charge in [0, 0.05) is 11.4 Å². The third-order valence-corrected chi connectivity index (χ3v) is 2.37. The Morgan fingerprint density at radius 3 is 2.12 bits per heavy atom. The predicted octanol–water partition coefficient (Wildman–Crippen LogP) is 2.73. The van der Waals surface area contributed by atoms with E-state index in [0.717, 1.165) is 22.5 Å². The van der Waals surface area contributed by atoms with E-state index < -0.39 is 0 Å². The van der Waals surface area contributed by atoms with Crippen LogP contribution in [0.25, 0.3) is 11.8 Å². The maximum absolute atomic E-state index is 6.00. The fourth-order valence-electron chi connectivity index (χ4n) is 1.49. The Morgan fingerprint density at radius 1 is 0.875 bits per heavy atom. The Labute approximate surface area is 95.2 Å². The maximum Gasteiger partial charge on any atom is 0.0393 e. The molecule has 0 spiro atoms. The van der Waals surface area contributed by atoms with Crippen molar-refractivity contribution in [1.29, 1.82) is 0 Å². The summed E-state index contributed by atoms with van der Waals surface area (Å²) >= 11 is 0. The van der Waals surface area contributed by atoms with Crippen molar-refractivity contribution in [3.8, 4) is 0 Å². The molecule has 0 amide bonds. The topological polar surface area (TPSA) is 52.0 Å². The van der Waals surface area contributed by atoms with Gasteiger partial charge < -0.3 is 11.5 Å². The van der Waals surface area contributed by atoms with Crippen LogP contribution >= 0.6 is 0 Å². The Morgan fingerprint density at radius 2 is 1.50 bits per heavy atom. The highest BCUT2D eigenvalue weighted by Crippen LogP contribution is 2.14. The highest BCUT2D eigenvalue weighted by Gasteiger charge is 1.96. The van der Waals surface area contributed by atoms with Gasteiger partial charge >= 0.3 is 0 Å². The van der Waals surface area contributed by atoms with Gasteiger partial charge in [0.25, 0.3) is 0 Å². The Bertz CT molecular complexity index is 484. The molecule has 80 valence electrons. The zero-order valence-electron chi connectivity index (χ0n) is 8.93. The Hall–Kier alpha value is -2.22. The minimum Gasteiger partial charge on any atom is -0.399 e. The highest BCUT2D eigenvalue weighted by molar-refractivity contribution is 5.79. The van der Waals surface area contributed by atoms with Gasteiger partial charge in [-0.25, -0.2) is 0 Å². The first-order valence-corrected chi connectivity index (χ1v) is 5.14. The van der Waals surface area contributed by atoms with E-state index >= 15 is 0 Å². The normalized spacial score (nSPS) is 11.4. The van der Waals surface area contributed by atoms with Crippen molar-refractivity contribution in [2.75, 3.05) is 5.73 Å². The first-order valence-electron chi connectivity index (χ1n) is 5.14. The number of anilines is 1. The second-order valence-corrected chi connectivity index (χ2v) is 3.63. The van der Waals surface area contributed by atoms with E-state index in [2.05, 4.69) is 0 Å². The molecule has 2 aromatic rings. The Balaban J connectivity index is 2.28. The summed E-state index contributed by atoms with van der Waals surface area (Å²) < 4.78 is 0. The van der Waals surface area contributed by atoms with E-state index in [0.29, 0.717) is 0 Å². The smallest absolute Gasteiger partial charge is 0.0393 e. The molecule has 2 rings (SSSR count). The van der Waals surface area contributed by atoms with Crippen molar-refractivity contribution in [3.63, 3.8) is 0 Å². The molecule has 0 saturated carbocycles. The van der Waals surface area contributed by atoms with Gasteiger partial charge in [-0.1, -0.05) is 42.5 Å². The van der Waals surface area contributed by atoms with Crippen LogP contribution in [0.2, 0.25) is 0 Å². The van der Waals surface area contributed by atoms with Crippen molar-refractivity contribution < 1.29 is 0 Å². The molecule has 0 atom stereocenters. The fraction of sp³-hybridized carbons (Fsp3) is 0. The van der Waals surface area contributed by atoms with Crippen molar-refractivity contribution >= 4 is 17.5 Å². The zero-order chi connectivity index (χ0) is 11.4. The predicted molar refractivity (Wildman–Crippen MR) is 69.4 cm³/mol. The summed E-state index contributed by atoms with van der Waals surface area (Å²) in [6.07, 6.45) is 1.95. The van der Waals surface area contributed by atoms with Gasteiger partial charge in [-0.05, 0) is 29.3 Å². The van der Waals surface area contributed by atoms with Gasteiger partial charge in [0.2, 0.25) is 0 Å². The standard InChI is InChI=1S/C14H14N2/c15-13-8-6-12(7-9-13)14(16)10-11-4-2-1-3-5-11/h1-10H,15-16H2. The number of hydrogen-bond donors (Lipinski definition) is 2. The molecule has 2 aromatic carbocycles. The third kappa shape index (κ3) is 2.42. The SMILES string of the molecule is NC(=Cc1ccccc1)c1ccc(N)cc1. The van der Waals surface area contributed by atoms with E-state index in [1.54, 1.807) is 0 Å². The van der Waals surface area contributed by atoms with Crippen LogP contribution in [0.15, 0.2) is 54.6 Å². The number of nitrogen functional groups attached to an aromatic ring is 1. The molecule has 2 heteroatoms. The molecule has 2 nitrogen and oxygen atoms in total. The van der Waals surface area contributed by atoms with Crippen LogP contribution in [-0.4, -0.2) is 0 Å². The Kier molecular flexibility index (Phi) is 2.92. The van der Waals surface area contributed by atoms with Crippen LogP contribution in [0.3, 0.4) is 0 Å². The first kappa shape index (κ1) is 10.3. The molecule has 0 aliphatic rings. The highest BCUT2D eigenvalue weighted by atomic mass is 14.6. The second kappa shape index (κ2) is 4.53.